The molecule has 1 aromatic rings. The van der Waals surface area contributed by atoms with Crippen LogP contribution in [0.5, 0.6) is 0 Å². The zero-order valence-electron chi connectivity index (χ0n) is 8.56. The summed E-state index contributed by atoms with van der Waals surface area (Å²) in [5, 5.41) is 11.2. The molecule has 6 heteroatoms. The van der Waals surface area contributed by atoms with Crippen LogP contribution in [-0.2, 0) is 11.3 Å². The van der Waals surface area contributed by atoms with Crippen LogP contribution in [0.15, 0.2) is 15.9 Å². The summed E-state index contributed by atoms with van der Waals surface area (Å²) in [6, 6.07) is 1.67. The molecule has 0 spiro atoms. The molecule has 1 fully saturated rings. The lowest BCUT2D eigenvalue weighted by molar-refractivity contribution is -0.142. The lowest BCUT2D eigenvalue weighted by Crippen LogP contribution is -2.46. The minimum atomic E-state index is -0.708. The molecule has 0 aliphatic carbocycles. The van der Waals surface area contributed by atoms with Gasteiger partial charge in [0.2, 0.25) is 0 Å². The Hall–Kier alpha value is -0.0400. The number of thioether (sulfide) groups is 1. The predicted octanol–water partition coefficient (Wildman–Crippen LogP) is 2.51. The Kier molecular flexibility index (Phi) is 4.29. The monoisotopic (exact) mass is 321 g/mol. The molecular weight excluding hydrogens is 310 g/mol. The number of rotatable bonds is 3. The zero-order chi connectivity index (χ0) is 11.5. The summed E-state index contributed by atoms with van der Waals surface area (Å²) in [4.78, 5) is 14.4. The quantitative estimate of drug-likeness (QED) is 0.928. The Morgan fingerprint density at radius 2 is 2.50 bits per heavy atom. The molecule has 1 N–H and O–H groups in total. The fourth-order valence-electron chi connectivity index (χ4n) is 1.68. The fraction of sp³-hybridized carbons (Fsp3) is 0.500. The highest BCUT2D eigenvalue weighted by atomic mass is 79.9. The first-order chi connectivity index (χ1) is 7.68. The van der Waals surface area contributed by atoms with Gasteiger partial charge in [-0.05, 0) is 27.4 Å². The van der Waals surface area contributed by atoms with Crippen LogP contribution in [0.25, 0.3) is 0 Å². The number of carbonyl (C=O) groups is 1. The third kappa shape index (κ3) is 2.80. The van der Waals surface area contributed by atoms with Gasteiger partial charge in [0.05, 0.1) is 0 Å². The minimum absolute atomic E-state index is 0.340. The van der Waals surface area contributed by atoms with Crippen LogP contribution in [0, 0.1) is 0 Å². The van der Waals surface area contributed by atoms with Crippen LogP contribution in [0.1, 0.15) is 4.88 Å². The van der Waals surface area contributed by atoms with E-state index in [0.717, 1.165) is 23.3 Å². The second-order valence-electron chi connectivity index (χ2n) is 3.59. The van der Waals surface area contributed by atoms with Crippen molar-refractivity contribution in [2.75, 3.05) is 18.1 Å². The Morgan fingerprint density at radius 3 is 3.12 bits per heavy atom. The molecule has 1 atom stereocenters. The van der Waals surface area contributed by atoms with Crippen molar-refractivity contribution < 1.29 is 9.90 Å². The maximum absolute atomic E-state index is 11.1. The number of nitrogens with zero attached hydrogens (tertiary/aromatic N) is 1. The Morgan fingerprint density at radius 1 is 1.69 bits per heavy atom. The van der Waals surface area contributed by atoms with Gasteiger partial charge in [0.1, 0.15) is 6.04 Å². The maximum atomic E-state index is 11.1. The number of carboxylic acids is 1. The van der Waals surface area contributed by atoms with Gasteiger partial charge >= 0.3 is 5.97 Å². The normalized spacial score (nSPS) is 22.2. The smallest absolute Gasteiger partial charge is 0.321 e. The number of halogens is 1. The van der Waals surface area contributed by atoms with E-state index in [1.54, 1.807) is 23.1 Å². The average molecular weight is 322 g/mol. The molecule has 16 heavy (non-hydrogen) atoms. The van der Waals surface area contributed by atoms with Crippen molar-refractivity contribution in [1.82, 2.24) is 4.90 Å². The molecule has 1 aromatic heterocycles. The first kappa shape index (κ1) is 12.4. The van der Waals surface area contributed by atoms with E-state index in [-0.39, 0.29) is 6.04 Å². The van der Waals surface area contributed by atoms with Gasteiger partial charge in [-0.3, -0.25) is 9.69 Å². The lowest BCUT2D eigenvalue weighted by Gasteiger charge is -2.32. The van der Waals surface area contributed by atoms with E-state index >= 15 is 0 Å². The molecule has 0 saturated carbocycles. The van der Waals surface area contributed by atoms with E-state index < -0.39 is 5.97 Å². The molecule has 0 amide bonds. The molecule has 0 radical (unpaired) electrons. The summed E-state index contributed by atoms with van der Waals surface area (Å²) in [6.07, 6.45) is 0. The molecule has 1 unspecified atom stereocenters. The molecule has 0 aromatic carbocycles. The molecule has 2 rings (SSSR count). The molecular formula is C10H12BrNO2S2. The minimum Gasteiger partial charge on any atom is -0.480 e. The third-order valence-corrected chi connectivity index (χ3v) is 5.50. The Labute approximate surface area is 111 Å². The third-order valence-electron chi connectivity index (χ3n) is 2.56. The summed E-state index contributed by atoms with van der Waals surface area (Å²) < 4.78 is 1.08. The molecule has 3 nitrogen and oxygen atoms in total. The zero-order valence-corrected chi connectivity index (χ0v) is 11.8. The number of carboxylic acid groups (broad SMARTS) is 1. The van der Waals surface area contributed by atoms with Crippen LogP contribution >= 0.6 is 39.0 Å². The van der Waals surface area contributed by atoms with Gasteiger partial charge in [0, 0.05) is 33.9 Å². The van der Waals surface area contributed by atoms with Crippen molar-refractivity contribution in [2.45, 2.75) is 12.6 Å². The molecule has 2 heterocycles. The van der Waals surface area contributed by atoms with Crippen molar-refractivity contribution in [3.8, 4) is 0 Å². The van der Waals surface area contributed by atoms with E-state index in [2.05, 4.69) is 20.8 Å². The summed E-state index contributed by atoms with van der Waals surface area (Å²) >= 11 is 6.87. The van der Waals surface area contributed by atoms with Crippen LogP contribution in [0.4, 0.5) is 0 Å². The van der Waals surface area contributed by atoms with Crippen LogP contribution in [0.3, 0.4) is 0 Å². The first-order valence-corrected chi connectivity index (χ1v) is 7.77. The second-order valence-corrected chi connectivity index (χ2v) is 6.60. The van der Waals surface area contributed by atoms with E-state index in [4.69, 9.17) is 5.11 Å². The standard InChI is InChI=1S/C10H12BrNO2S2/c11-7-1-3-16-9(7)5-12-2-4-15-6-8(12)10(13)14/h1,3,8H,2,4-6H2,(H,13,14). The summed E-state index contributed by atoms with van der Waals surface area (Å²) in [5.74, 6) is 1.00. The topological polar surface area (TPSA) is 40.5 Å². The molecule has 0 bridgehead atoms. The Balaban J connectivity index is 2.07. The number of hydrogen-bond donors (Lipinski definition) is 1. The van der Waals surface area contributed by atoms with Crippen molar-refractivity contribution in [3.63, 3.8) is 0 Å². The SMILES string of the molecule is O=C(O)C1CSCCN1Cc1sccc1Br. The van der Waals surface area contributed by atoms with Gasteiger partial charge in [-0.25, -0.2) is 0 Å². The van der Waals surface area contributed by atoms with Crippen molar-refractivity contribution in [2.24, 2.45) is 0 Å². The van der Waals surface area contributed by atoms with E-state index in [9.17, 15) is 4.79 Å². The molecule has 88 valence electrons. The summed E-state index contributed by atoms with van der Waals surface area (Å²) in [7, 11) is 0. The van der Waals surface area contributed by atoms with Crippen LogP contribution in [-0.4, -0.2) is 40.1 Å². The highest BCUT2D eigenvalue weighted by Crippen LogP contribution is 2.27. The Bertz CT molecular complexity index is 383. The second kappa shape index (κ2) is 5.53. The number of hydrogen-bond acceptors (Lipinski definition) is 4. The van der Waals surface area contributed by atoms with Crippen molar-refractivity contribution in [3.05, 3.63) is 20.8 Å². The van der Waals surface area contributed by atoms with Crippen LogP contribution in [0.2, 0.25) is 0 Å². The van der Waals surface area contributed by atoms with Gasteiger partial charge in [-0.1, -0.05) is 0 Å². The number of aliphatic carboxylic acids is 1. The van der Waals surface area contributed by atoms with Gasteiger partial charge in [-0.2, -0.15) is 11.8 Å². The van der Waals surface area contributed by atoms with Crippen LogP contribution < -0.4 is 0 Å². The lowest BCUT2D eigenvalue weighted by atomic mass is 10.2. The summed E-state index contributed by atoms with van der Waals surface area (Å²) in [6.45, 7) is 1.59. The average Bonchev–Trinajstić information content (AvgIpc) is 2.65. The van der Waals surface area contributed by atoms with Gasteiger partial charge in [0.25, 0.3) is 0 Å². The maximum Gasteiger partial charge on any atom is 0.321 e. The van der Waals surface area contributed by atoms with E-state index in [0.29, 0.717) is 5.75 Å². The van der Waals surface area contributed by atoms with E-state index in [1.807, 2.05) is 11.4 Å². The van der Waals surface area contributed by atoms with Crippen molar-refractivity contribution in [1.29, 1.82) is 0 Å². The largest absolute Gasteiger partial charge is 0.480 e. The highest BCUT2D eigenvalue weighted by molar-refractivity contribution is 9.10. The van der Waals surface area contributed by atoms with E-state index in [1.165, 1.54) is 4.88 Å². The fourth-order valence-corrected chi connectivity index (χ4v) is 4.29. The van der Waals surface area contributed by atoms with Gasteiger partial charge < -0.3 is 5.11 Å². The molecule has 1 aliphatic rings. The van der Waals surface area contributed by atoms with Gasteiger partial charge in [0.15, 0.2) is 0 Å². The highest BCUT2D eigenvalue weighted by Gasteiger charge is 2.29. The molecule has 1 aliphatic heterocycles. The molecule has 1 saturated heterocycles. The predicted molar refractivity (Wildman–Crippen MR) is 71.2 cm³/mol. The van der Waals surface area contributed by atoms with Crippen molar-refractivity contribution >= 4 is 45.0 Å². The van der Waals surface area contributed by atoms with Gasteiger partial charge in [-0.15, -0.1) is 11.3 Å². The number of thiophene rings is 1. The summed E-state index contributed by atoms with van der Waals surface area (Å²) in [5.41, 5.74) is 0. The first-order valence-electron chi connectivity index (χ1n) is 4.95.